The molecule has 0 rings (SSSR count). The lowest BCUT2D eigenvalue weighted by molar-refractivity contribution is -0.150. The van der Waals surface area contributed by atoms with E-state index in [0.717, 1.165) is 77.0 Å². The minimum Gasteiger partial charge on any atom is -0.481 e. The van der Waals surface area contributed by atoms with Crippen molar-refractivity contribution in [2.24, 2.45) is 0 Å². The summed E-state index contributed by atoms with van der Waals surface area (Å²) in [5.74, 6) is -0.918. The van der Waals surface area contributed by atoms with Crippen LogP contribution in [0.5, 0.6) is 0 Å². The second kappa shape index (κ2) is 35.9. The Bertz CT molecular complexity index is 846. The first-order chi connectivity index (χ1) is 22.1. The van der Waals surface area contributed by atoms with Crippen molar-refractivity contribution in [3.63, 3.8) is 0 Å². The highest BCUT2D eigenvalue weighted by molar-refractivity contribution is 5.69. The van der Waals surface area contributed by atoms with Gasteiger partial charge >= 0.3 is 11.9 Å². The smallest absolute Gasteiger partial charge is 0.306 e. The van der Waals surface area contributed by atoms with Gasteiger partial charge in [0.1, 0.15) is 6.10 Å². The molecular formula is C41H68O4. The maximum absolute atomic E-state index is 12.5. The summed E-state index contributed by atoms with van der Waals surface area (Å²) in [6.07, 6.45) is 50.5. The number of carbonyl (C=O) groups is 2. The molecule has 4 nitrogen and oxygen atoms in total. The molecule has 1 unspecified atom stereocenters. The maximum Gasteiger partial charge on any atom is 0.306 e. The number of rotatable bonds is 32. The van der Waals surface area contributed by atoms with Crippen LogP contribution in [0.1, 0.15) is 168 Å². The molecule has 0 radical (unpaired) electrons. The van der Waals surface area contributed by atoms with E-state index in [1.165, 1.54) is 51.4 Å². The number of carbonyl (C=O) groups excluding carboxylic acids is 1. The second-order valence-corrected chi connectivity index (χ2v) is 12.0. The van der Waals surface area contributed by atoms with Gasteiger partial charge in [-0.2, -0.15) is 0 Å². The number of esters is 1. The number of ether oxygens (including phenoxy) is 1. The van der Waals surface area contributed by atoms with Gasteiger partial charge in [0, 0.05) is 12.8 Å². The quantitative estimate of drug-likeness (QED) is 0.0459. The number of unbranched alkanes of at least 4 members (excludes halogenated alkanes) is 11. The molecule has 0 heterocycles. The summed E-state index contributed by atoms with van der Waals surface area (Å²) in [6.45, 7) is 4.41. The lowest BCUT2D eigenvalue weighted by Gasteiger charge is -2.18. The fourth-order valence-electron chi connectivity index (χ4n) is 5.02. The van der Waals surface area contributed by atoms with Crippen LogP contribution in [0.25, 0.3) is 0 Å². The van der Waals surface area contributed by atoms with Gasteiger partial charge in [0.25, 0.3) is 0 Å². The predicted molar refractivity (Wildman–Crippen MR) is 195 cm³/mol. The zero-order valence-corrected chi connectivity index (χ0v) is 29.1. The van der Waals surface area contributed by atoms with E-state index in [1.54, 1.807) is 0 Å². The zero-order valence-electron chi connectivity index (χ0n) is 29.1. The molecule has 0 saturated carbocycles. The summed E-state index contributed by atoms with van der Waals surface area (Å²) >= 11 is 0. The molecular weight excluding hydrogens is 556 g/mol. The molecule has 1 atom stereocenters. The Morgan fingerprint density at radius 2 is 0.956 bits per heavy atom. The summed E-state index contributed by atoms with van der Waals surface area (Å²) in [7, 11) is 0. The average molecular weight is 625 g/mol. The Labute approximate surface area is 277 Å². The number of aliphatic carboxylic acids is 1. The second-order valence-electron chi connectivity index (χ2n) is 12.0. The molecule has 4 heteroatoms. The fourth-order valence-corrected chi connectivity index (χ4v) is 5.02. The van der Waals surface area contributed by atoms with Gasteiger partial charge in [-0.3, -0.25) is 9.59 Å². The van der Waals surface area contributed by atoms with Crippen LogP contribution in [0, 0.1) is 0 Å². The van der Waals surface area contributed by atoms with Gasteiger partial charge < -0.3 is 9.84 Å². The van der Waals surface area contributed by atoms with Gasteiger partial charge in [-0.25, -0.2) is 0 Å². The first-order valence-electron chi connectivity index (χ1n) is 18.4. The molecule has 256 valence electrons. The zero-order chi connectivity index (χ0) is 32.9. The summed E-state index contributed by atoms with van der Waals surface area (Å²) in [4.78, 5) is 23.4. The average Bonchev–Trinajstić information content (AvgIpc) is 3.02. The first kappa shape index (κ1) is 42.4. The van der Waals surface area contributed by atoms with Crippen LogP contribution in [0.15, 0.2) is 72.9 Å². The summed E-state index contributed by atoms with van der Waals surface area (Å²) in [5, 5.41) is 8.98. The SMILES string of the molecule is CC/C=C\C/C=C\C/C=C\C/C=C\C/C=C\C/C=C\CCCCC(=O)OC(CCCCCCCCCCCC)CCCC(=O)O. The van der Waals surface area contributed by atoms with Gasteiger partial charge in [-0.15, -0.1) is 0 Å². The van der Waals surface area contributed by atoms with Crippen LogP contribution in [0.2, 0.25) is 0 Å². The third-order valence-electron chi connectivity index (χ3n) is 7.69. The van der Waals surface area contributed by atoms with Crippen molar-refractivity contribution in [2.45, 2.75) is 174 Å². The van der Waals surface area contributed by atoms with E-state index < -0.39 is 5.97 Å². The lowest BCUT2D eigenvalue weighted by Crippen LogP contribution is -2.18. The number of carboxylic acids is 1. The van der Waals surface area contributed by atoms with E-state index in [2.05, 4.69) is 86.8 Å². The van der Waals surface area contributed by atoms with Crippen LogP contribution in [0.4, 0.5) is 0 Å². The summed E-state index contributed by atoms with van der Waals surface area (Å²) in [5.41, 5.74) is 0. The Balaban J connectivity index is 3.95. The van der Waals surface area contributed by atoms with Gasteiger partial charge in [0.05, 0.1) is 0 Å². The fraction of sp³-hybridized carbons (Fsp3) is 0.659. The van der Waals surface area contributed by atoms with E-state index in [1.807, 2.05) is 0 Å². The number of hydrogen-bond donors (Lipinski definition) is 1. The highest BCUT2D eigenvalue weighted by atomic mass is 16.5. The topological polar surface area (TPSA) is 63.6 Å². The number of carboxylic acid groups (broad SMARTS) is 1. The van der Waals surface area contributed by atoms with Gasteiger partial charge in [0.2, 0.25) is 0 Å². The molecule has 0 spiro atoms. The van der Waals surface area contributed by atoms with E-state index >= 15 is 0 Å². The number of allylic oxidation sites excluding steroid dienone is 12. The van der Waals surface area contributed by atoms with Crippen molar-refractivity contribution in [1.82, 2.24) is 0 Å². The molecule has 0 amide bonds. The van der Waals surface area contributed by atoms with Crippen molar-refractivity contribution in [2.75, 3.05) is 0 Å². The van der Waals surface area contributed by atoms with E-state index in [-0.39, 0.29) is 18.5 Å². The Morgan fingerprint density at radius 3 is 1.44 bits per heavy atom. The molecule has 0 bridgehead atoms. The van der Waals surface area contributed by atoms with Crippen LogP contribution < -0.4 is 0 Å². The standard InChI is InChI=1S/C41H68O4/c1-3-5-7-9-11-13-15-16-17-18-19-20-21-22-23-24-25-27-29-31-33-38-41(44)45-39(36-34-37-40(42)43)35-32-30-28-26-14-12-10-8-6-4-2/h5,7,11,13,16-17,19-20,22-23,25,27,39H,3-4,6,8-10,12,14-15,18,21,24,26,28-38H2,1-2H3,(H,42,43)/b7-5-,13-11-,17-16-,20-19-,23-22-,27-25-. The molecule has 0 aromatic carbocycles. The molecule has 0 saturated heterocycles. The van der Waals surface area contributed by atoms with Crippen molar-refractivity contribution in [3.8, 4) is 0 Å². The van der Waals surface area contributed by atoms with Crippen molar-refractivity contribution in [1.29, 1.82) is 0 Å². The third kappa shape index (κ3) is 35.7. The first-order valence-corrected chi connectivity index (χ1v) is 18.4. The van der Waals surface area contributed by atoms with Crippen molar-refractivity contribution in [3.05, 3.63) is 72.9 Å². The largest absolute Gasteiger partial charge is 0.481 e. The molecule has 1 N–H and O–H groups in total. The normalized spacial score (nSPS) is 13.1. The van der Waals surface area contributed by atoms with Gasteiger partial charge in [-0.1, -0.05) is 145 Å². The highest BCUT2D eigenvalue weighted by Crippen LogP contribution is 2.17. The van der Waals surface area contributed by atoms with Crippen LogP contribution >= 0.6 is 0 Å². The molecule has 0 aliphatic heterocycles. The van der Waals surface area contributed by atoms with E-state index in [0.29, 0.717) is 19.3 Å². The monoisotopic (exact) mass is 625 g/mol. The maximum atomic E-state index is 12.5. The van der Waals surface area contributed by atoms with Gasteiger partial charge in [0.15, 0.2) is 0 Å². The Hall–Kier alpha value is -2.62. The lowest BCUT2D eigenvalue weighted by atomic mass is 10.0. The molecule has 0 aromatic heterocycles. The van der Waals surface area contributed by atoms with Crippen LogP contribution in [-0.2, 0) is 14.3 Å². The predicted octanol–water partition coefficient (Wildman–Crippen LogP) is 12.7. The molecule has 0 aromatic rings. The van der Waals surface area contributed by atoms with Crippen LogP contribution in [-0.4, -0.2) is 23.1 Å². The van der Waals surface area contributed by atoms with E-state index in [4.69, 9.17) is 9.84 Å². The molecule has 45 heavy (non-hydrogen) atoms. The molecule has 0 aliphatic rings. The molecule has 0 aliphatic carbocycles. The Morgan fingerprint density at radius 1 is 0.511 bits per heavy atom. The van der Waals surface area contributed by atoms with E-state index in [9.17, 15) is 9.59 Å². The third-order valence-corrected chi connectivity index (χ3v) is 7.69. The molecule has 0 fully saturated rings. The number of hydrogen-bond acceptors (Lipinski definition) is 3. The van der Waals surface area contributed by atoms with Crippen LogP contribution in [0.3, 0.4) is 0 Å². The van der Waals surface area contributed by atoms with Gasteiger partial charge in [-0.05, 0) is 83.5 Å². The van der Waals surface area contributed by atoms with Crippen molar-refractivity contribution >= 4 is 11.9 Å². The highest BCUT2D eigenvalue weighted by Gasteiger charge is 2.15. The minimum absolute atomic E-state index is 0.134. The summed E-state index contributed by atoms with van der Waals surface area (Å²) < 4.78 is 5.79. The minimum atomic E-state index is -0.784. The Kier molecular flexibility index (Phi) is 33.8. The summed E-state index contributed by atoms with van der Waals surface area (Å²) in [6, 6.07) is 0. The van der Waals surface area contributed by atoms with Crippen molar-refractivity contribution < 1.29 is 19.4 Å².